The first kappa shape index (κ1) is 23.7. The fraction of sp³-hybridized carbons (Fsp3) is 0.478. The standard InChI is InChI=1S/C23H33NO5Si/c1-9-27-21(25)15-18(22(26)28-10-2)16-12-11-13-19-17(16)14-20(24(19)6)29-30(7,8)23(3,4)5/h11-15H,9-10H2,1-8H3/b18-15-. The molecule has 7 heteroatoms. The van der Waals surface area contributed by atoms with E-state index < -0.39 is 20.3 Å². The summed E-state index contributed by atoms with van der Waals surface area (Å²) in [5.74, 6) is -0.400. The maximum atomic E-state index is 12.6. The van der Waals surface area contributed by atoms with Gasteiger partial charge in [-0.1, -0.05) is 32.9 Å². The molecule has 1 aromatic heterocycles. The Balaban J connectivity index is 2.63. The topological polar surface area (TPSA) is 66.8 Å². The molecule has 0 aliphatic carbocycles. The summed E-state index contributed by atoms with van der Waals surface area (Å²) in [5.41, 5.74) is 1.69. The fourth-order valence-electron chi connectivity index (χ4n) is 2.84. The van der Waals surface area contributed by atoms with Crippen molar-refractivity contribution in [1.82, 2.24) is 4.57 Å². The van der Waals surface area contributed by atoms with Gasteiger partial charge < -0.3 is 18.5 Å². The van der Waals surface area contributed by atoms with Crippen molar-refractivity contribution in [2.24, 2.45) is 7.05 Å². The molecule has 0 N–H and O–H groups in total. The average molecular weight is 432 g/mol. The normalized spacial score (nSPS) is 12.7. The van der Waals surface area contributed by atoms with Gasteiger partial charge in [-0.05, 0) is 43.6 Å². The summed E-state index contributed by atoms with van der Waals surface area (Å²) in [6.07, 6.45) is 1.21. The molecule has 1 heterocycles. The molecule has 0 unspecified atom stereocenters. The number of esters is 2. The summed E-state index contributed by atoms with van der Waals surface area (Å²) < 4.78 is 18.7. The summed E-state index contributed by atoms with van der Waals surface area (Å²) in [4.78, 5) is 24.8. The lowest BCUT2D eigenvalue weighted by atomic mass is 10.0. The number of rotatable bonds is 7. The Labute approximate surface area is 179 Å². The molecule has 0 fully saturated rings. The van der Waals surface area contributed by atoms with Crippen LogP contribution in [0.1, 0.15) is 40.2 Å². The summed E-state index contributed by atoms with van der Waals surface area (Å²) >= 11 is 0. The molecular weight excluding hydrogens is 398 g/mol. The molecule has 0 bridgehead atoms. The van der Waals surface area contributed by atoms with Crippen molar-refractivity contribution in [3.63, 3.8) is 0 Å². The SMILES string of the molecule is CCOC(=O)/C=C(\C(=O)OCC)c1cccc2c1cc(O[Si](C)(C)C(C)(C)C)n2C. The van der Waals surface area contributed by atoms with Gasteiger partial charge >= 0.3 is 11.9 Å². The molecule has 0 saturated heterocycles. The van der Waals surface area contributed by atoms with E-state index in [1.807, 2.05) is 29.8 Å². The highest BCUT2D eigenvalue weighted by molar-refractivity contribution is 6.74. The van der Waals surface area contributed by atoms with Gasteiger partial charge in [-0.3, -0.25) is 0 Å². The van der Waals surface area contributed by atoms with Crippen LogP contribution in [0.3, 0.4) is 0 Å². The average Bonchev–Trinajstić information content (AvgIpc) is 2.95. The molecular formula is C23H33NO5Si. The van der Waals surface area contributed by atoms with Gasteiger partial charge in [-0.15, -0.1) is 0 Å². The molecule has 0 aliphatic heterocycles. The monoisotopic (exact) mass is 431 g/mol. The van der Waals surface area contributed by atoms with Crippen molar-refractivity contribution in [2.45, 2.75) is 52.8 Å². The van der Waals surface area contributed by atoms with Crippen molar-refractivity contribution in [1.29, 1.82) is 0 Å². The van der Waals surface area contributed by atoms with Gasteiger partial charge in [0, 0.05) is 24.6 Å². The minimum absolute atomic E-state index is 0.0478. The van der Waals surface area contributed by atoms with Crippen LogP contribution in [-0.2, 0) is 26.1 Å². The van der Waals surface area contributed by atoms with Gasteiger partial charge in [0.25, 0.3) is 8.32 Å². The van der Waals surface area contributed by atoms with Crippen LogP contribution in [0.25, 0.3) is 16.5 Å². The van der Waals surface area contributed by atoms with E-state index in [1.165, 1.54) is 6.08 Å². The van der Waals surface area contributed by atoms with Gasteiger partial charge in [-0.25, -0.2) is 9.59 Å². The first-order valence-corrected chi connectivity index (χ1v) is 13.2. The number of carbonyl (C=O) groups is 2. The van der Waals surface area contributed by atoms with Gasteiger partial charge in [-0.2, -0.15) is 0 Å². The van der Waals surface area contributed by atoms with Crippen molar-refractivity contribution in [2.75, 3.05) is 13.2 Å². The minimum Gasteiger partial charge on any atom is -0.532 e. The van der Waals surface area contributed by atoms with Gasteiger partial charge in [0.05, 0.1) is 24.3 Å². The van der Waals surface area contributed by atoms with Crippen molar-refractivity contribution < 1.29 is 23.5 Å². The molecule has 0 atom stereocenters. The van der Waals surface area contributed by atoms with E-state index >= 15 is 0 Å². The number of fused-ring (bicyclic) bond motifs is 1. The zero-order valence-electron chi connectivity index (χ0n) is 19.3. The third-order valence-electron chi connectivity index (χ3n) is 5.54. The first-order chi connectivity index (χ1) is 13.9. The number of carbonyl (C=O) groups excluding carboxylic acids is 2. The molecule has 2 rings (SSSR count). The van der Waals surface area contributed by atoms with E-state index in [4.69, 9.17) is 13.9 Å². The number of hydrogen-bond acceptors (Lipinski definition) is 5. The lowest BCUT2D eigenvalue weighted by Crippen LogP contribution is -2.44. The maximum Gasteiger partial charge on any atom is 0.339 e. The van der Waals surface area contributed by atoms with Gasteiger partial charge in [0.2, 0.25) is 0 Å². The van der Waals surface area contributed by atoms with E-state index in [0.29, 0.717) is 5.56 Å². The summed E-state index contributed by atoms with van der Waals surface area (Å²) in [7, 11) is -0.119. The number of benzene rings is 1. The van der Waals surface area contributed by atoms with E-state index in [-0.39, 0.29) is 23.8 Å². The third-order valence-corrected chi connectivity index (χ3v) is 9.87. The van der Waals surface area contributed by atoms with Crippen LogP contribution in [0.15, 0.2) is 30.3 Å². The molecule has 6 nitrogen and oxygen atoms in total. The number of nitrogens with zero attached hydrogens (tertiary/aromatic N) is 1. The van der Waals surface area contributed by atoms with E-state index in [0.717, 1.165) is 16.8 Å². The van der Waals surface area contributed by atoms with Crippen molar-refractivity contribution in [3.8, 4) is 5.88 Å². The number of aromatic nitrogens is 1. The second-order valence-corrected chi connectivity index (χ2v) is 13.4. The lowest BCUT2D eigenvalue weighted by Gasteiger charge is -2.36. The molecule has 1 aromatic carbocycles. The van der Waals surface area contributed by atoms with Gasteiger partial charge in [0.15, 0.2) is 5.88 Å². The van der Waals surface area contributed by atoms with Crippen LogP contribution in [0, 0.1) is 0 Å². The Kier molecular flexibility index (Phi) is 7.18. The lowest BCUT2D eigenvalue weighted by molar-refractivity contribution is -0.139. The van der Waals surface area contributed by atoms with Crippen molar-refractivity contribution >= 4 is 36.7 Å². The summed E-state index contributed by atoms with van der Waals surface area (Å²) in [6, 6.07) is 7.56. The van der Waals surface area contributed by atoms with Crippen LogP contribution < -0.4 is 4.43 Å². The van der Waals surface area contributed by atoms with Crippen LogP contribution >= 0.6 is 0 Å². The number of hydrogen-bond donors (Lipinski definition) is 0. The molecule has 0 saturated carbocycles. The van der Waals surface area contributed by atoms with Crippen molar-refractivity contribution in [3.05, 3.63) is 35.9 Å². The first-order valence-electron chi connectivity index (χ1n) is 10.3. The largest absolute Gasteiger partial charge is 0.532 e. The predicted octanol–water partition coefficient (Wildman–Crippen LogP) is 5.07. The molecule has 0 radical (unpaired) electrons. The molecule has 164 valence electrons. The molecule has 0 aliphatic rings. The number of ether oxygens (including phenoxy) is 2. The Morgan fingerprint density at radius 3 is 2.30 bits per heavy atom. The Hall–Kier alpha value is -2.54. The molecule has 0 amide bonds. The molecule has 30 heavy (non-hydrogen) atoms. The Morgan fingerprint density at radius 2 is 1.73 bits per heavy atom. The quantitative estimate of drug-likeness (QED) is 0.348. The second-order valence-electron chi connectivity index (χ2n) is 8.67. The summed E-state index contributed by atoms with van der Waals surface area (Å²) in [5, 5.41) is 0.865. The molecule has 2 aromatic rings. The van der Waals surface area contributed by atoms with Crippen LogP contribution in [0.2, 0.25) is 18.1 Å². The highest BCUT2D eigenvalue weighted by Gasteiger charge is 2.39. The Bertz CT molecular complexity index is 966. The summed E-state index contributed by atoms with van der Waals surface area (Å²) in [6.45, 7) is 14.8. The van der Waals surface area contributed by atoms with E-state index in [2.05, 4.69) is 33.9 Å². The van der Waals surface area contributed by atoms with Crippen LogP contribution in [-0.4, -0.2) is 38.0 Å². The predicted molar refractivity (Wildman–Crippen MR) is 122 cm³/mol. The van der Waals surface area contributed by atoms with E-state index in [9.17, 15) is 9.59 Å². The van der Waals surface area contributed by atoms with Gasteiger partial charge in [0.1, 0.15) is 0 Å². The Morgan fingerprint density at radius 1 is 1.10 bits per heavy atom. The fourth-order valence-corrected chi connectivity index (χ4v) is 3.87. The van der Waals surface area contributed by atoms with E-state index in [1.54, 1.807) is 19.9 Å². The highest BCUT2D eigenvalue weighted by Crippen LogP contribution is 2.39. The van der Waals surface area contributed by atoms with Crippen LogP contribution in [0.4, 0.5) is 0 Å². The minimum atomic E-state index is -2.06. The molecule has 0 spiro atoms. The highest BCUT2D eigenvalue weighted by atomic mass is 28.4. The second kappa shape index (κ2) is 9.08. The zero-order valence-corrected chi connectivity index (χ0v) is 20.3. The van der Waals surface area contributed by atoms with Crippen LogP contribution in [0.5, 0.6) is 5.88 Å². The maximum absolute atomic E-state index is 12.6. The number of aryl methyl sites for hydroxylation is 1. The third kappa shape index (κ3) is 4.95. The zero-order chi connectivity index (χ0) is 22.7. The smallest absolute Gasteiger partial charge is 0.339 e.